The van der Waals surface area contributed by atoms with Crippen LogP contribution in [0.1, 0.15) is 31.7 Å². The average Bonchev–Trinajstić information content (AvgIpc) is 2.75. The monoisotopic (exact) mass is 414 g/mol. The fourth-order valence-corrected chi connectivity index (χ4v) is 4.03. The quantitative estimate of drug-likeness (QED) is 0.757. The maximum absolute atomic E-state index is 14.0. The molecular formula is C23H27FN2O4. The molecule has 0 saturated carbocycles. The lowest BCUT2D eigenvalue weighted by atomic mass is 9.92. The van der Waals surface area contributed by atoms with E-state index >= 15 is 0 Å². The summed E-state index contributed by atoms with van der Waals surface area (Å²) in [5, 5.41) is 13.6. The summed E-state index contributed by atoms with van der Waals surface area (Å²) in [7, 11) is 0. The Morgan fingerprint density at radius 1 is 1.17 bits per heavy atom. The van der Waals surface area contributed by atoms with Crippen molar-refractivity contribution < 1.29 is 23.8 Å². The molecule has 4 rings (SSSR count). The molecule has 0 unspecified atom stereocenters. The number of hydrogen-bond donors (Lipinski definition) is 2. The third kappa shape index (κ3) is 4.36. The number of nitrogens with zero attached hydrogens (tertiary/aromatic N) is 1. The lowest BCUT2D eigenvalue weighted by Crippen LogP contribution is -2.48. The molecule has 1 fully saturated rings. The lowest BCUT2D eigenvalue weighted by molar-refractivity contribution is -0.116. The van der Waals surface area contributed by atoms with E-state index in [1.807, 2.05) is 31.2 Å². The Hall–Kier alpha value is -2.80. The van der Waals surface area contributed by atoms with Crippen LogP contribution in [0.15, 0.2) is 36.4 Å². The van der Waals surface area contributed by atoms with Gasteiger partial charge in [0, 0.05) is 36.8 Å². The van der Waals surface area contributed by atoms with E-state index in [4.69, 9.17) is 9.47 Å². The highest BCUT2D eigenvalue weighted by Gasteiger charge is 2.34. The summed E-state index contributed by atoms with van der Waals surface area (Å²) in [5.74, 6) is 0.698. The van der Waals surface area contributed by atoms with Gasteiger partial charge in [0.05, 0.1) is 12.3 Å². The highest BCUT2D eigenvalue weighted by atomic mass is 19.1. The molecule has 160 valence electrons. The van der Waals surface area contributed by atoms with E-state index in [2.05, 4.69) is 10.2 Å². The summed E-state index contributed by atoms with van der Waals surface area (Å²) in [6.07, 6.45) is 1.85. The minimum Gasteiger partial charge on any atom is -0.494 e. The zero-order valence-electron chi connectivity index (χ0n) is 17.1. The number of carbonyl (C=O) groups excluding carboxylic acids is 1. The van der Waals surface area contributed by atoms with Crippen molar-refractivity contribution in [3.63, 3.8) is 0 Å². The molecule has 2 aliphatic rings. The molecule has 0 aromatic heterocycles. The van der Waals surface area contributed by atoms with Gasteiger partial charge in [0.2, 0.25) is 5.91 Å². The summed E-state index contributed by atoms with van der Waals surface area (Å²) in [6, 6.07) is 10.8. The second-order valence-corrected chi connectivity index (χ2v) is 7.88. The van der Waals surface area contributed by atoms with Crippen molar-refractivity contribution in [1.29, 1.82) is 0 Å². The first-order valence-corrected chi connectivity index (χ1v) is 10.4. The van der Waals surface area contributed by atoms with E-state index in [9.17, 15) is 14.3 Å². The Balaban J connectivity index is 1.39. The number of amides is 1. The van der Waals surface area contributed by atoms with Crippen molar-refractivity contribution >= 4 is 17.3 Å². The van der Waals surface area contributed by atoms with E-state index < -0.39 is 11.4 Å². The van der Waals surface area contributed by atoms with Crippen molar-refractivity contribution in [2.45, 2.75) is 38.2 Å². The van der Waals surface area contributed by atoms with Crippen LogP contribution in [0.4, 0.5) is 15.8 Å². The van der Waals surface area contributed by atoms with Crippen LogP contribution in [0, 0.1) is 5.82 Å². The number of anilines is 2. The van der Waals surface area contributed by atoms with Crippen molar-refractivity contribution in [3.8, 4) is 11.5 Å². The molecule has 30 heavy (non-hydrogen) atoms. The molecular weight excluding hydrogens is 387 g/mol. The van der Waals surface area contributed by atoms with Gasteiger partial charge in [-0.25, -0.2) is 4.39 Å². The maximum Gasteiger partial charge on any atom is 0.224 e. The van der Waals surface area contributed by atoms with Gasteiger partial charge in [0.1, 0.15) is 29.5 Å². The number of benzene rings is 2. The Labute approximate surface area is 175 Å². The molecule has 1 saturated heterocycles. The minimum atomic E-state index is -0.951. The van der Waals surface area contributed by atoms with Crippen molar-refractivity contribution in [3.05, 3.63) is 47.8 Å². The molecule has 0 spiro atoms. The fourth-order valence-electron chi connectivity index (χ4n) is 4.03. The van der Waals surface area contributed by atoms with Gasteiger partial charge in [0.15, 0.2) is 0 Å². The van der Waals surface area contributed by atoms with E-state index in [0.717, 1.165) is 11.4 Å². The highest BCUT2D eigenvalue weighted by Crippen LogP contribution is 2.35. The molecule has 2 aliphatic heterocycles. The van der Waals surface area contributed by atoms with Gasteiger partial charge in [0.25, 0.3) is 0 Å². The van der Waals surface area contributed by atoms with Crippen LogP contribution in [0.5, 0.6) is 11.5 Å². The predicted octanol–water partition coefficient (Wildman–Crippen LogP) is 3.52. The number of halogens is 1. The Bertz CT molecular complexity index is 925. The summed E-state index contributed by atoms with van der Waals surface area (Å²) in [4.78, 5) is 13.8. The molecule has 7 heteroatoms. The number of rotatable bonds is 6. The SMILES string of the molecule is CCOc1cccc(N2CCC(O)(COc3ccc(F)c4c3CCC(=O)N4)CC2)c1. The Morgan fingerprint density at radius 2 is 1.97 bits per heavy atom. The van der Waals surface area contributed by atoms with Gasteiger partial charge in [-0.1, -0.05) is 6.07 Å². The smallest absolute Gasteiger partial charge is 0.224 e. The van der Waals surface area contributed by atoms with Crippen LogP contribution in [0.2, 0.25) is 0 Å². The minimum absolute atomic E-state index is 0.131. The van der Waals surface area contributed by atoms with Gasteiger partial charge in [-0.05, 0) is 50.5 Å². The molecule has 0 bridgehead atoms. The first kappa shape index (κ1) is 20.5. The number of piperidine rings is 1. The molecule has 2 heterocycles. The molecule has 0 atom stereocenters. The third-order valence-electron chi connectivity index (χ3n) is 5.77. The van der Waals surface area contributed by atoms with Crippen LogP contribution >= 0.6 is 0 Å². The largest absolute Gasteiger partial charge is 0.494 e. The van der Waals surface area contributed by atoms with Gasteiger partial charge >= 0.3 is 0 Å². The van der Waals surface area contributed by atoms with Gasteiger partial charge in [-0.2, -0.15) is 0 Å². The normalized spacial score (nSPS) is 17.8. The van der Waals surface area contributed by atoms with E-state index in [-0.39, 0.29) is 18.2 Å². The molecule has 2 N–H and O–H groups in total. The highest BCUT2D eigenvalue weighted by molar-refractivity contribution is 5.94. The van der Waals surface area contributed by atoms with Crippen molar-refractivity contribution in [2.75, 3.05) is 36.5 Å². The zero-order chi connectivity index (χ0) is 21.1. The molecule has 2 aromatic carbocycles. The van der Waals surface area contributed by atoms with Crippen LogP contribution in [0.3, 0.4) is 0 Å². The van der Waals surface area contributed by atoms with E-state index in [0.29, 0.717) is 56.7 Å². The number of ether oxygens (including phenoxy) is 2. The standard InChI is InChI=1S/C23H27FN2O4/c1-2-29-17-5-3-4-16(14-17)26-12-10-23(28,11-13-26)15-30-20-8-7-19(24)22-18(20)6-9-21(27)25-22/h3-5,7-8,14,28H,2,6,9-13,15H2,1H3,(H,25,27). The number of carbonyl (C=O) groups is 1. The summed E-state index contributed by atoms with van der Waals surface area (Å²) >= 11 is 0. The first-order valence-electron chi connectivity index (χ1n) is 10.4. The number of fused-ring (bicyclic) bond motifs is 1. The van der Waals surface area contributed by atoms with Crippen LogP contribution in [0.25, 0.3) is 0 Å². The third-order valence-corrected chi connectivity index (χ3v) is 5.77. The predicted molar refractivity (Wildman–Crippen MR) is 113 cm³/mol. The molecule has 6 nitrogen and oxygen atoms in total. The second-order valence-electron chi connectivity index (χ2n) is 7.88. The second kappa shape index (κ2) is 8.52. The van der Waals surface area contributed by atoms with Crippen LogP contribution in [-0.2, 0) is 11.2 Å². The Morgan fingerprint density at radius 3 is 2.73 bits per heavy atom. The topological polar surface area (TPSA) is 71.0 Å². The van der Waals surface area contributed by atoms with Gasteiger partial charge in [-0.3, -0.25) is 4.79 Å². The van der Waals surface area contributed by atoms with Crippen LogP contribution in [-0.4, -0.2) is 42.9 Å². The molecule has 2 aromatic rings. The van der Waals surface area contributed by atoms with Crippen LogP contribution < -0.4 is 19.7 Å². The van der Waals surface area contributed by atoms with E-state index in [1.54, 1.807) is 6.07 Å². The molecule has 1 amide bonds. The Kier molecular flexibility index (Phi) is 5.81. The summed E-state index contributed by atoms with van der Waals surface area (Å²) < 4.78 is 25.5. The van der Waals surface area contributed by atoms with Crippen molar-refractivity contribution in [1.82, 2.24) is 0 Å². The number of hydrogen-bond acceptors (Lipinski definition) is 5. The zero-order valence-corrected chi connectivity index (χ0v) is 17.1. The molecule has 0 aliphatic carbocycles. The lowest BCUT2D eigenvalue weighted by Gasteiger charge is -2.39. The fraction of sp³-hybridized carbons (Fsp3) is 0.435. The number of nitrogens with one attached hydrogen (secondary N) is 1. The van der Waals surface area contributed by atoms with Gasteiger partial charge < -0.3 is 24.8 Å². The maximum atomic E-state index is 14.0. The number of aliphatic hydroxyl groups is 1. The average molecular weight is 414 g/mol. The van der Waals surface area contributed by atoms with Gasteiger partial charge in [-0.15, -0.1) is 0 Å². The van der Waals surface area contributed by atoms with Crippen molar-refractivity contribution in [2.24, 2.45) is 0 Å². The first-order chi connectivity index (χ1) is 14.5. The summed E-state index contributed by atoms with van der Waals surface area (Å²) in [6.45, 7) is 4.11. The summed E-state index contributed by atoms with van der Waals surface area (Å²) in [5.41, 5.74) is 0.975. The molecule has 0 radical (unpaired) electrons. The van der Waals surface area contributed by atoms with E-state index in [1.165, 1.54) is 6.07 Å².